The molecule has 4 bridgehead atoms. The molecule has 0 radical (unpaired) electrons. The highest BCUT2D eigenvalue weighted by Crippen LogP contribution is 2.38. The van der Waals surface area contributed by atoms with E-state index in [1.165, 1.54) is 0 Å². The van der Waals surface area contributed by atoms with Crippen LogP contribution in [0.5, 0.6) is 0 Å². The summed E-state index contributed by atoms with van der Waals surface area (Å²) < 4.78 is 22.6. The summed E-state index contributed by atoms with van der Waals surface area (Å²) in [6.07, 6.45) is 11.3. The predicted molar refractivity (Wildman–Crippen MR) is 216 cm³/mol. The van der Waals surface area contributed by atoms with Gasteiger partial charge in [-0.15, -0.1) is 0 Å². The zero-order valence-electron chi connectivity index (χ0n) is 34.9. The predicted octanol–water partition coefficient (Wildman–Crippen LogP) is 3.94. The van der Waals surface area contributed by atoms with Gasteiger partial charge in [-0.05, 0) is 117 Å². The van der Waals surface area contributed by atoms with Gasteiger partial charge in [0, 0.05) is 11.8 Å². The average molecular weight is 825 g/mol. The molecule has 0 spiro atoms. The topological polar surface area (TPSA) is 233 Å². The first-order chi connectivity index (χ1) is 27.4. The summed E-state index contributed by atoms with van der Waals surface area (Å²) >= 11 is 0. The molecule has 14 nitrogen and oxygen atoms in total. The fraction of sp³-hybridized carbons (Fsp3) is 0.773. The molecule has 0 unspecified atom stereocenters. The molecule has 2 fully saturated rings. The van der Waals surface area contributed by atoms with Crippen LogP contribution in [0.25, 0.3) is 0 Å². The van der Waals surface area contributed by atoms with Crippen LogP contribution in [0, 0.1) is 11.8 Å². The Labute approximate surface area is 344 Å². The number of carbonyl (C=O) groups excluding carboxylic acids is 2. The second-order valence-corrected chi connectivity index (χ2v) is 16.8. The smallest absolute Gasteiger partial charge is 0.340 e. The van der Waals surface area contributed by atoms with E-state index >= 15 is 0 Å². The molecule has 14 heteroatoms. The highest BCUT2D eigenvalue weighted by atomic mass is 16.7. The van der Waals surface area contributed by atoms with Crippen LogP contribution < -0.4 is 0 Å². The average Bonchev–Trinajstić information content (AvgIpc) is 3.15. The van der Waals surface area contributed by atoms with Crippen molar-refractivity contribution in [2.45, 2.75) is 203 Å². The van der Waals surface area contributed by atoms with Crippen LogP contribution in [-0.2, 0) is 28.5 Å². The highest BCUT2D eigenvalue weighted by molar-refractivity contribution is 5.76. The molecular weight excluding hydrogens is 752 g/mol. The van der Waals surface area contributed by atoms with Crippen molar-refractivity contribution in [3.8, 4) is 0 Å². The van der Waals surface area contributed by atoms with Crippen LogP contribution in [0.15, 0.2) is 48.6 Å². The van der Waals surface area contributed by atoms with Crippen LogP contribution in [0.2, 0.25) is 0 Å². The van der Waals surface area contributed by atoms with Crippen molar-refractivity contribution in [3.63, 3.8) is 0 Å². The molecule has 332 valence electrons. The van der Waals surface area contributed by atoms with E-state index in [1.807, 2.05) is 48.6 Å². The Morgan fingerprint density at radius 3 is 1.14 bits per heavy atom. The van der Waals surface area contributed by atoms with Crippen molar-refractivity contribution >= 4 is 11.9 Å². The van der Waals surface area contributed by atoms with Gasteiger partial charge in [-0.1, -0.05) is 62.5 Å². The Balaban J connectivity index is 1.62. The maximum absolute atomic E-state index is 12.9. The second-order valence-electron chi connectivity index (χ2n) is 16.8. The van der Waals surface area contributed by atoms with Crippen LogP contribution in [0.1, 0.15) is 130 Å². The Morgan fingerprint density at radius 1 is 0.466 bits per heavy atom. The third-order valence-electron chi connectivity index (χ3n) is 11.6. The van der Waals surface area contributed by atoms with Gasteiger partial charge in [-0.25, -0.2) is 9.59 Å². The first-order valence-electron chi connectivity index (χ1n) is 21.4. The van der Waals surface area contributed by atoms with E-state index in [0.717, 1.165) is 0 Å². The van der Waals surface area contributed by atoms with Crippen molar-refractivity contribution in [2.24, 2.45) is 11.8 Å². The maximum Gasteiger partial charge on any atom is 0.340 e. The molecule has 3 aliphatic heterocycles. The number of aliphatic hydroxyl groups excluding tert-OH is 6. The van der Waals surface area contributed by atoms with Crippen molar-refractivity contribution < 1.29 is 69.4 Å². The van der Waals surface area contributed by atoms with Gasteiger partial charge in [0.25, 0.3) is 0 Å². The third-order valence-corrected chi connectivity index (χ3v) is 11.6. The monoisotopic (exact) mass is 824 g/mol. The molecule has 58 heavy (non-hydrogen) atoms. The number of fused-ring (bicyclic) bond motifs is 4. The van der Waals surface area contributed by atoms with Gasteiger partial charge in [0.1, 0.15) is 0 Å². The van der Waals surface area contributed by atoms with Gasteiger partial charge in [0.05, 0.1) is 48.8 Å². The zero-order chi connectivity index (χ0) is 42.9. The lowest BCUT2D eigenvalue weighted by atomic mass is 9.85. The van der Waals surface area contributed by atoms with E-state index in [4.69, 9.17) is 18.9 Å². The Bertz CT molecular complexity index is 1250. The summed E-state index contributed by atoms with van der Waals surface area (Å²) in [4.78, 5) is 25.8. The van der Waals surface area contributed by atoms with Crippen molar-refractivity contribution in [3.05, 3.63) is 48.6 Å². The number of hydrogen-bond donors (Lipinski definition) is 8. The molecule has 8 N–H and O–H groups in total. The normalized spacial score (nSPS) is 43.3. The number of ether oxygens (including phenoxy) is 4. The molecule has 0 aliphatic carbocycles. The van der Waals surface area contributed by atoms with E-state index in [9.17, 15) is 50.4 Å². The lowest BCUT2D eigenvalue weighted by Crippen LogP contribution is -2.58. The first kappa shape index (κ1) is 49.9. The number of carbonyl (C=O) groups is 2. The molecule has 3 rings (SSSR count). The van der Waals surface area contributed by atoms with Crippen molar-refractivity contribution in [2.75, 3.05) is 0 Å². The van der Waals surface area contributed by atoms with Gasteiger partial charge in [-0.2, -0.15) is 0 Å². The van der Waals surface area contributed by atoms with E-state index in [1.54, 1.807) is 27.7 Å². The minimum atomic E-state index is -2.19. The van der Waals surface area contributed by atoms with Crippen LogP contribution in [0.3, 0.4) is 0 Å². The summed E-state index contributed by atoms with van der Waals surface area (Å²) in [6.45, 7) is 6.74. The van der Waals surface area contributed by atoms with Crippen LogP contribution >= 0.6 is 0 Å². The van der Waals surface area contributed by atoms with Crippen molar-refractivity contribution in [1.82, 2.24) is 0 Å². The summed E-state index contributed by atoms with van der Waals surface area (Å²) in [5.74, 6) is -7.53. The SMILES string of the molecule is C[C@@H]1CC[C@H]2C[C@H](O)C[C@@H](O)CC/C=C\C=C/CC[C@H](C)OC(=O)[C@H](O)[C@]3(O)O[C@@H](CC[C@H]3C)C[C@H](O)C[C@@H](O)CC/C=C\C=C/CC[C@H](C)OC(=O)[C@H](O)[C@]1(O)O2. The summed E-state index contributed by atoms with van der Waals surface area (Å²) in [6, 6.07) is 0. The lowest BCUT2D eigenvalue weighted by Gasteiger charge is -2.44. The molecule has 0 saturated carbocycles. The standard InChI is InChI=1S/C44H72O14/c1-29-21-23-37-27-35(47)25-33(45)19-15-11-8-6-10-14-18-32(4)56-42(52)40(50)44(54)30(2)22-24-38(58-44)28-36(48)26-34(46)20-16-12-7-5-9-13-17-31(3)55-41(51)39(49)43(29,53)57-37/h5-12,29-40,45-50,53-54H,13-28H2,1-4H3/b9-5-,10-6-,11-8-,12-7-/t29-,30-,31+,32+,33+,34+,35-,36-,37+,38+,39+,40+,43-,44-/m1/s1. The quantitative estimate of drug-likeness (QED) is 0.162. The van der Waals surface area contributed by atoms with E-state index in [0.29, 0.717) is 77.0 Å². The molecule has 0 aromatic heterocycles. The molecule has 2 saturated heterocycles. The lowest BCUT2D eigenvalue weighted by molar-refractivity contribution is -0.320. The Morgan fingerprint density at radius 2 is 0.793 bits per heavy atom. The van der Waals surface area contributed by atoms with E-state index in [2.05, 4.69) is 0 Å². The minimum absolute atomic E-state index is 0.0877. The number of aliphatic hydroxyl groups is 8. The number of hydrogen-bond acceptors (Lipinski definition) is 14. The summed E-state index contributed by atoms with van der Waals surface area (Å²) in [7, 11) is 0. The number of rotatable bonds is 0. The third kappa shape index (κ3) is 16.2. The fourth-order valence-electron chi connectivity index (χ4n) is 7.75. The Hall–Kier alpha value is -2.50. The maximum atomic E-state index is 12.9. The van der Waals surface area contributed by atoms with Gasteiger partial charge in [0.2, 0.25) is 23.8 Å². The van der Waals surface area contributed by atoms with E-state index < -0.39 is 96.4 Å². The number of allylic oxidation sites excluding steroid dienone is 8. The molecule has 3 aliphatic rings. The van der Waals surface area contributed by atoms with Gasteiger partial charge in [-0.3, -0.25) is 0 Å². The number of cyclic esters (lactones) is 2. The van der Waals surface area contributed by atoms with Gasteiger partial charge >= 0.3 is 11.9 Å². The number of esters is 2. The fourth-order valence-corrected chi connectivity index (χ4v) is 7.75. The first-order valence-corrected chi connectivity index (χ1v) is 21.4. The zero-order valence-corrected chi connectivity index (χ0v) is 34.9. The summed E-state index contributed by atoms with van der Waals surface area (Å²) in [5.41, 5.74) is 0. The Kier molecular flexibility index (Phi) is 21.2. The van der Waals surface area contributed by atoms with E-state index in [-0.39, 0.29) is 25.7 Å². The highest BCUT2D eigenvalue weighted by Gasteiger charge is 2.52. The van der Waals surface area contributed by atoms with Gasteiger partial charge < -0.3 is 59.8 Å². The molecule has 0 aromatic carbocycles. The van der Waals surface area contributed by atoms with Crippen LogP contribution in [0.4, 0.5) is 0 Å². The van der Waals surface area contributed by atoms with Crippen molar-refractivity contribution in [1.29, 1.82) is 0 Å². The van der Waals surface area contributed by atoms with Gasteiger partial charge in [0.15, 0.2) is 0 Å². The molecule has 14 atom stereocenters. The second kappa shape index (κ2) is 24.7. The largest absolute Gasteiger partial charge is 0.461 e. The van der Waals surface area contributed by atoms with Crippen LogP contribution in [-0.4, -0.2) is 125 Å². The molecule has 3 heterocycles. The molecular formula is C44H72O14. The minimum Gasteiger partial charge on any atom is -0.461 e. The molecule has 0 aromatic rings. The molecule has 0 amide bonds. The summed E-state index contributed by atoms with van der Waals surface area (Å²) in [5, 5.41) is 86.9.